The van der Waals surface area contributed by atoms with Crippen LogP contribution in [0.1, 0.15) is 15.9 Å². The SMILES string of the molecule is O=C(O)c1ccc2c(c1)[nH]c(=O)n2Cc1ccsc1. The Morgan fingerprint density at radius 2 is 2.21 bits per heavy atom. The van der Waals surface area contributed by atoms with Crippen molar-refractivity contribution in [3.8, 4) is 0 Å². The number of imidazole rings is 1. The van der Waals surface area contributed by atoms with Gasteiger partial charge in [0.2, 0.25) is 0 Å². The molecular formula is C13H10N2O3S. The first-order valence-electron chi connectivity index (χ1n) is 5.62. The predicted octanol–water partition coefficient (Wildman–Crippen LogP) is 2.14. The van der Waals surface area contributed by atoms with Crippen LogP contribution in [0.15, 0.2) is 39.8 Å². The van der Waals surface area contributed by atoms with Crippen LogP contribution in [-0.4, -0.2) is 20.6 Å². The molecule has 5 nitrogen and oxygen atoms in total. The number of thiophene rings is 1. The molecule has 19 heavy (non-hydrogen) atoms. The van der Waals surface area contributed by atoms with Crippen LogP contribution in [0.5, 0.6) is 0 Å². The average molecular weight is 274 g/mol. The highest BCUT2D eigenvalue weighted by molar-refractivity contribution is 7.07. The number of nitrogens with zero attached hydrogens (tertiary/aromatic N) is 1. The Morgan fingerprint density at radius 1 is 1.37 bits per heavy atom. The number of aromatic carboxylic acids is 1. The summed E-state index contributed by atoms with van der Waals surface area (Å²) in [4.78, 5) is 25.5. The van der Waals surface area contributed by atoms with Crippen molar-refractivity contribution < 1.29 is 9.90 Å². The maximum absolute atomic E-state index is 11.9. The molecule has 0 spiro atoms. The molecule has 0 saturated carbocycles. The summed E-state index contributed by atoms with van der Waals surface area (Å²) in [5.74, 6) is -1.01. The Hall–Kier alpha value is -2.34. The number of H-pyrrole nitrogens is 1. The molecule has 0 radical (unpaired) electrons. The molecule has 0 saturated heterocycles. The fourth-order valence-electron chi connectivity index (χ4n) is 2.02. The summed E-state index contributed by atoms with van der Waals surface area (Å²) < 4.78 is 1.60. The van der Waals surface area contributed by atoms with E-state index in [-0.39, 0.29) is 11.3 Å². The molecule has 1 aromatic carbocycles. The number of aromatic amines is 1. The lowest BCUT2D eigenvalue weighted by atomic mass is 10.2. The zero-order valence-corrected chi connectivity index (χ0v) is 10.6. The van der Waals surface area contributed by atoms with Gasteiger partial charge < -0.3 is 10.1 Å². The van der Waals surface area contributed by atoms with Gasteiger partial charge in [-0.05, 0) is 40.6 Å². The van der Waals surface area contributed by atoms with Crippen LogP contribution >= 0.6 is 11.3 Å². The molecule has 2 heterocycles. The van der Waals surface area contributed by atoms with Crippen molar-refractivity contribution >= 4 is 28.3 Å². The summed E-state index contributed by atoms with van der Waals surface area (Å²) in [5, 5.41) is 12.9. The number of nitrogens with one attached hydrogen (secondary N) is 1. The van der Waals surface area contributed by atoms with Gasteiger partial charge in [0.1, 0.15) is 0 Å². The quantitative estimate of drug-likeness (QED) is 0.768. The van der Waals surface area contributed by atoms with E-state index in [1.165, 1.54) is 12.1 Å². The largest absolute Gasteiger partial charge is 0.478 e. The van der Waals surface area contributed by atoms with Gasteiger partial charge in [-0.2, -0.15) is 11.3 Å². The van der Waals surface area contributed by atoms with Gasteiger partial charge in [-0.3, -0.25) is 4.57 Å². The molecule has 0 fully saturated rings. The average Bonchev–Trinajstić information content (AvgIpc) is 2.98. The van der Waals surface area contributed by atoms with Crippen molar-refractivity contribution in [3.05, 3.63) is 56.6 Å². The Balaban J connectivity index is 2.12. The van der Waals surface area contributed by atoms with E-state index in [0.717, 1.165) is 5.56 Å². The van der Waals surface area contributed by atoms with E-state index in [4.69, 9.17) is 5.11 Å². The Kier molecular flexibility index (Phi) is 2.72. The first-order valence-corrected chi connectivity index (χ1v) is 6.56. The predicted molar refractivity (Wildman–Crippen MR) is 72.9 cm³/mol. The highest BCUT2D eigenvalue weighted by Crippen LogP contribution is 2.15. The minimum absolute atomic E-state index is 0.163. The van der Waals surface area contributed by atoms with Gasteiger partial charge >= 0.3 is 11.7 Å². The number of hydrogen-bond donors (Lipinski definition) is 2. The molecule has 6 heteroatoms. The second kappa shape index (κ2) is 4.40. The van der Waals surface area contributed by atoms with Gasteiger partial charge in [0.25, 0.3) is 0 Å². The molecular weight excluding hydrogens is 264 g/mol. The minimum atomic E-state index is -1.01. The number of benzene rings is 1. The van der Waals surface area contributed by atoms with Crippen LogP contribution in [0.2, 0.25) is 0 Å². The molecule has 96 valence electrons. The van der Waals surface area contributed by atoms with Crippen molar-refractivity contribution in [2.45, 2.75) is 6.54 Å². The number of carbonyl (C=O) groups is 1. The molecule has 3 aromatic rings. The summed E-state index contributed by atoms with van der Waals surface area (Å²) in [6.07, 6.45) is 0. The highest BCUT2D eigenvalue weighted by atomic mass is 32.1. The zero-order valence-electron chi connectivity index (χ0n) is 9.79. The van der Waals surface area contributed by atoms with Crippen molar-refractivity contribution in [2.24, 2.45) is 0 Å². The summed E-state index contributed by atoms with van der Waals surface area (Å²) in [6, 6.07) is 6.59. The lowest BCUT2D eigenvalue weighted by Crippen LogP contribution is -2.16. The van der Waals surface area contributed by atoms with Crippen LogP contribution in [0, 0.1) is 0 Å². The van der Waals surface area contributed by atoms with E-state index in [1.54, 1.807) is 22.0 Å². The molecule has 0 bridgehead atoms. The van der Waals surface area contributed by atoms with Crippen LogP contribution in [0.4, 0.5) is 0 Å². The number of carboxylic acid groups (broad SMARTS) is 1. The molecule has 2 N–H and O–H groups in total. The Bertz CT molecular complexity index is 799. The third-order valence-corrected chi connectivity index (χ3v) is 3.67. The first kappa shape index (κ1) is 11.7. The number of fused-ring (bicyclic) bond motifs is 1. The van der Waals surface area contributed by atoms with Crippen molar-refractivity contribution in [3.63, 3.8) is 0 Å². The normalized spacial score (nSPS) is 10.9. The standard InChI is InChI=1S/C13H10N2O3S/c16-12(17)9-1-2-11-10(5-9)14-13(18)15(11)6-8-3-4-19-7-8/h1-5,7H,6H2,(H,14,18)(H,16,17). The Morgan fingerprint density at radius 3 is 2.89 bits per heavy atom. The van der Waals surface area contributed by atoms with Gasteiger partial charge in [-0.1, -0.05) is 0 Å². The third-order valence-electron chi connectivity index (χ3n) is 2.94. The fourth-order valence-corrected chi connectivity index (χ4v) is 2.68. The van der Waals surface area contributed by atoms with E-state index >= 15 is 0 Å². The van der Waals surface area contributed by atoms with Crippen molar-refractivity contribution in [1.29, 1.82) is 0 Å². The monoisotopic (exact) mass is 274 g/mol. The van der Waals surface area contributed by atoms with Crippen LogP contribution in [0.3, 0.4) is 0 Å². The third kappa shape index (κ3) is 2.06. The second-order valence-corrected chi connectivity index (χ2v) is 4.97. The maximum atomic E-state index is 11.9. The smallest absolute Gasteiger partial charge is 0.335 e. The van der Waals surface area contributed by atoms with Crippen LogP contribution < -0.4 is 5.69 Å². The topological polar surface area (TPSA) is 75.1 Å². The van der Waals surface area contributed by atoms with E-state index in [0.29, 0.717) is 17.6 Å². The maximum Gasteiger partial charge on any atom is 0.335 e. The van der Waals surface area contributed by atoms with Crippen molar-refractivity contribution in [1.82, 2.24) is 9.55 Å². The van der Waals surface area contributed by atoms with E-state index < -0.39 is 5.97 Å². The van der Waals surface area contributed by atoms with E-state index in [9.17, 15) is 9.59 Å². The number of rotatable bonds is 3. The van der Waals surface area contributed by atoms with Crippen molar-refractivity contribution in [2.75, 3.05) is 0 Å². The minimum Gasteiger partial charge on any atom is -0.478 e. The van der Waals surface area contributed by atoms with Gasteiger partial charge in [0.05, 0.1) is 23.1 Å². The number of carboxylic acids is 1. The number of aromatic nitrogens is 2. The van der Waals surface area contributed by atoms with Crippen LogP contribution in [-0.2, 0) is 6.54 Å². The summed E-state index contributed by atoms with van der Waals surface area (Å²) in [6.45, 7) is 0.481. The molecule has 0 unspecified atom stereocenters. The highest BCUT2D eigenvalue weighted by Gasteiger charge is 2.10. The molecule has 0 aliphatic rings. The van der Waals surface area contributed by atoms with Gasteiger partial charge in [0, 0.05) is 0 Å². The molecule has 2 aromatic heterocycles. The zero-order chi connectivity index (χ0) is 13.4. The second-order valence-electron chi connectivity index (χ2n) is 4.18. The molecule has 0 aliphatic heterocycles. The molecule has 0 atom stereocenters. The van der Waals surface area contributed by atoms with E-state index in [1.807, 2.05) is 16.8 Å². The summed E-state index contributed by atoms with van der Waals surface area (Å²) in [5.41, 5.74) is 2.23. The lowest BCUT2D eigenvalue weighted by molar-refractivity contribution is 0.0697. The fraction of sp³-hybridized carbons (Fsp3) is 0.0769. The summed E-state index contributed by atoms with van der Waals surface area (Å²) in [7, 11) is 0. The molecule has 0 aliphatic carbocycles. The number of hydrogen-bond acceptors (Lipinski definition) is 3. The molecule has 3 rings (SSSR count). The Labute approximate surface area is 111 Å². The van der Waals surface area contributed by atoms with E-state index in [2.05, 4.69) is 4.98 Å². The van der Waals surface area contributed by atoms with Gasteiger partial charge in [-0.15, -0.1) is 0 Å². The first-order chi connectivity index (χ1) is 9.15. The summed E-state index contributed by atoms with van der Waals surface area (Å²) >= 11 is 1.58. The molecule has 0 amide bonds. The lowest BCUT2D eigenvalue weighted by Gasteiger charge is -2.01. The van der Waals surface area contributed by atoms with Gasteiger partial charge in [-0.25, -0.2) is 9.59 Å². The van der Waals surface area contributed by atoms with Gasteiger partial charge in [0.15, 0.2) is 0 Å². The van der Waals surface area contributed by atoms with Crippen LogP contribution in [0.25, 0.3) is 11.0 Å².